The molecule has 154 valence electrons. The van der Waals surface area contributed by atoms with Crippen LogP contribution in [0.25, 0.3) is 11.4 Å². The monoisotopic (exact) mass is 412 g/mol. The molecule has 5 nitrogen and oxygen atoms in total. The van der Waals surface area contributed by atoms with Crippen molar-refractivity contribution in [3.63, 3.8) is 0 Å². The Balaban J connectivity index is 1.41. The summed E-state index contributed by atoms with van der Waals surface area (Å²) in [5.41, 5.74) is 0.419. The van der Waals surface area contributed by atoms with E-state index in [4.69, 9.17) is 0 Å². The van der Waals surface area contributed by atoms with Gasteiger partial charge < -0.3 is 9.80 Å². The van der Waals surface area contributed by atoms with Crippen LogP contribution in [0.1, 0.15) is 15.9 Å². The molecule has 0 atom stereocenters. The molecule has 0 N–H and O–H groups in total. The van der Waals surface area contributed by atoms with Gasteiger partial charge in [0, 0.05) is 43.5 Å². The van der Waals surface area contributed by atoms with Crippen LogP contribution in [0.3, 0.4) is 0 Å². The molecule has 1 aromatic heterocycles. The Bertz CT molecular complexity index is 1010. The SMILES string of the molecule is O=C(c1ccc(C(F)(F)F)cc1)N1CCN(c2ccnc(-c3ccccc3)n2)CC1. The largest absolute Gasteiger partial charge is 0.416 e. The van der Waals surface area contributed by atoms with Crippen molar-refractivity contribution in [1.29, 1.82) is 0 Å². The number of aromatic nitrogens is 2. The molecular formula is C22H19F3N4O. The van der Waals surface area contributed by atoms with Crippen molar-refractivity contribution in [2.24, 2.45) is 0 Å². The average molecular weight is 412 g/mol. The molecule has 0 aliphatic carbocycles. The normalized spacial score (nSPS) is 14.6. The molecule has 30 heavy (non-hydrogen) atoms. The molecule has 1 saturated heterocycles. The second-order valence-corrected chi connectivity index (χ2v) is 6.96. The lowest BCUT2D eigenvalue weighted by Gasteiger charge is -2.35. The Morgan fingerprint density at radius 3 is 2.17 bits per heavy atom. The van der Waals surface area contributed by atoms with Gasteiger partial charge in [0.05, 0.1) is 5.56 Å². The fourth-order valence-corrected chi connectivity index (χ4v) is 3.37. The maximum atomic E-state index is 12.7. The Morgan fingerprint density at radius 1 is 0.867 bits per heavy atom. The molecule has 0 radical (unpaired) electrons. The van der Waals surface area contributed by atoms with Crippen molar-refractivity contribution in [3.05, 3.63) is 78.0 Å². The van der Waals surface area contributed by atoms with E-state index in [2.05, 4.69) is 14.9 Å². The summed E-state index contributed by atoms with van der Waals surface area (Å²) in [7, 11) is 0. The number of hydrogen-bond donors (Lipinski definition) is 0. The lowest BCUT2D eigenvalue weighted by atomic mass is 10.1. The molecule has 3 aromatic rings. The van der Waals surface area contributed by atoms with E-state index in [0.717, 1.165) is 23.5 Å². The first-order valence-corrected chi connectivity index (χ1v) is 9.52. The van der Waals surface area contributed by atoms with E-state index in [9.17, 15) is 18.0 Å². The van der Waals surface area contributed by atoms with Crippen LogP contribution in [-0.4, -0.2) is 47.0 Å². The Labute approximate surface area is 171 Å². The number of benzene rings is 2. The van der Waals surface area contributed by atoms with E-state index in [1.54, 1.807) is 11.1 Å². The Hall–Kier alpha value is -3.42. The fraction of sp³-hybridized carbons (Fsp3) is 0.227. The Kier molecular flexibility index (Phi) is 5.39. The van der Waals surface area contributed by atoms with Crippen LogP contribution in [0.5, 0.6) is 0 Å². The minimum absolute atomic E-state index is 0.254. The minimum atomic E-state index is -4.41. The number of alkyl halides is 3. The zero-order valence-corrected chi connectivity index (χ0v) is 16.0. The number of anilines is 1. The highest BCUT2D eigenvalue weighted by atomic mass is 19.4. The van der Waals surface area contributed by atoms with Crippen molar-refractivity contribution in [2.75, 3.05) is 31.1 Å². The van der Waals surface area contributed by atoms with Gasteiger partial charge in [0.2, 0.25) is 0 Å². The van der Waals surface area contributed by atoms with Gasteiger partial charge in [-0.3, -0.25) is 4.79 Å². The van der Waals surface area contributed by atoms with Crippen LogP contribution in [0.15, 0.2) is 66.9 Å². The summed E-state index contributed by atoms with van der Waals surface area (Å²) in [5.74, 6) is 1.15. The van der Waals surface area contributed by atoms with E-state index in [-0.39, 0.29) is 11.5 Å². The standard InChI is InChI=1S/C22H19F3N4O/c23-22(24,25)18-8-6-17(7-9-18)21(30)29-14-12-28(13-15-29)19-10-11-26-20(27-19)16-4-2-1-3-5-16/h1-11H,12-15H2. The third-order valence-electron chi connectivity index (χ3n) is 5.02. The average Bonchev–Trinajstić information content (AvgIpc) is 2.79. The molecular weight excluding hydrogens is 393 g/mol. The molecule has 1 fully saturated rings. The summed E-state index contributed by atoms with van der Waals surface area (Å²) in [5, 5.41) is 0. The summed E-state index contributed by atoms with van der Waals surface area (Å²) in [6.07, 6.45) is -2.70. The predicted octanol–water partition coefficient (Wildman–Crippen LogP) is 4.12. The van der Waals surface area contributed by atoms with Gasteiger partial charge in [0.25, 0.3) is 5.91 Å². The summed E-state index contributed by atoms with van der Waals surface area (Å²) in [4.78, 5) is 25.3. The van der Waals surface area contributed by atoms with Crippen LogP contribution in [-0.2, 0) is 6.18 Å². The quantitative estimate of drug-likeness (QED) is 0.649. The molecule has 1 aliphatic heterocycles. The Morgan fingerprint density at radius 2 is 1.53 bits per heavy atom. The number of carbonyl (C=O) groups is 1. The number of rotatable bonds is 3. The third kappa shape index (κ3) is 4.27. The van der Waals surface area contributed by atoms with Crippen molar-refractivity contribution >= 4 is 11.7 Å². The lowest BCUT2D eigenvalue weighted by Crippen LogP contribution is -2.49. The maximum absolute atomic E-state index is 12.7. The maximum Gasteiger partial charge on any atom is 0.416 e. The highest BCUT2D eigenvalue weighted by Crippen LogP contribution is 2.29. The number of carbonyl (C=O) groups excluding carboxylic acids is 1. The number of piperazine rings is 1. The molecule has 8 heteroatoms. The molecule has 1 amide bonds. The first-order valence-electron chi connectivity index (χ1n) is 9.52. The summed E-state index contributed by atoms with van der Waals surface area (Å²) in [6.45, 7) is 2.09. The van der Waals surface area contributed by atoms with Gasteiger partial charge in [-0.25, -0.2) is 9.97 Å². The van der Waals surface area contributed by atoms with Crippen molar-refractivity contribution in [2.45, 2.75) is 6.18 Å². The molecule has 1 aliphatic rings. The fourth-order valence-electron chi connectivity index (χ4n) is 3.37. The van der Waals surface area contributed by atoms with Gasteiger partial charge in [-0.2, -0.15) is 13.2 Å². The van der Waals surface area contributed by atoms with Crippen LogP contribution < -0.4 is 4.90 Å². The van der Waals surface area contributed by atoms with Crippen molar-refractivity contribution in [3.8, 4) is 11.4 Å². The smallest absolute Gasteiger partial charge is 0.353 e. The number of halogens is 3. The molecule has 0 spiro atoms. The molecule has 0 bridgehead atoms. The molecule has 2 heterocycles. The van der Waals surface area contributed by atoms with Crippen LogP contribution in [0.2, 0.25) is 0 Å². The van der Waals surface area contributed by atoms with E-state index < -0.39 is 11.7 Å². The van der Waals surface area contributed by atoms with Crippen LogP contribution in [0.4, 0.5) is 19.0 Å². The molecule has 0 saturated carbocycles. The van der Waals surface area contributed by atoms with Crippen LogP contribution in [0, 0.1) is 0 Å². The van der Waals surface area contributed by atoms with Crippen molar-refractivity contribution in [1.82, 2.24) is 14.9 Å². The number of hydrogen-bond acceptors (Lipinski definition) is 4. The lowest BCUT2D eigenvalue weighted by molar-refractivity contribution is -0.137. The number of amides is 1. The minimum Gasteiger partial charge on any atom is -0.353 e. The van der Waals surface area contributed by atoms with Crippen molar-refractivity contribution < 1.29 is 18.0 Å². The van der Waals surface area contributed by atoms with Gasteiger partial charge in [-0.15, -0.1) is 0 Å². The van der Waals surface area contributed by atoms with Gasteiger partial charge in [-0.05, 0) is 30.3 Å². The summed E-state index contributed by atoms with van der Waals surface area (Å²) in [6, 6.07) is 15.8. The first-order chi connectivity index (χ1) is 14.4. The van der Waals surface area contributed by atoms with Gasteiger partial charge in [-0.1, -0.05) is 30.3 Å². The van der Waals surface area contributed by atoms with Gasteiger partial charge >= 0.3 is 6.18 Å². The molecule has 4 rings (SSSR count). The van der Waals surface area contributed by atoms with Gasteiger partial charge in [0.15, 0.2) is 5.82 Å². The third-order valence-corrected chi connectivity index (χ3v) is 5.02. The van der Waals surface area contributed by atoms with E-state index >= 15 is 0 Å². The summed E-state index contributed by atoms with van der Waals surface area (Å²) < 4.78 is 38.1. The van der Waals surface area contributed by atoms with E-state index in [1.165, 1.54) is 12.1 Å². The first kappa shape index (κ1) is 19.9. The zero-order chi connectivity index (χ0) is 21.1. The van der Waals surface area contributed by atoms with E-state index in [0.29, 0.717) is 32.0 Å². The molecule has 2 aromatic carbocycles. The predicted molar refractivity (Wildman–Crippen MR) is 107 cm³/mol. The number of nitrogens with zero attached hydrogens (tertiary/aromatic N) is 4. The topological polar surface area (TPSA) is 49.3 Å². The zero-order valence-electron chi connectivity index (χ0n) is 16.0. The van der Waals surface area contributed by atoms with Crippen LogP contribution >= 0.6 is 0 Å². The second-order valence-electron chi connectivity index (χ2n) is 6.96. The van der Waals surface area contributed by atoms with Gasteiger partial charge in [0.1, 0.15) is 5.82 Å². The highest BCUT2D eigenvalue weighted by molar-refractivity contribution is 5.94. The highest BCUT2D eigenvalue weighted by Gasteiger charge is 2.30. The second kappa shape index (κ2) is 8.14. The van der Waals surface area contributed by atoms with E-state index in [1.807, 2.05) is 36.4 Å². The summed E-state index contributed by atoms with van der Waals surface area (Å²) >= 11 is 0. The molecule has 0 unspecified atom stereocenters.